The Labute approximate surface area is 133 Å². The molecule has 0 spiro atoms. The Bertz CT molecular complexity index is 824. The zero-order valence-electron chi connectivity index (χ0n) is 12.4. The van der Waals surface area contributed by atoms with Gasteiger partial charge >= 0.3 is 0 Å². The van der Waals surface area contributed by atoms with Gasteiger partial charge in [-0.1, -0.05) is 41.9 Å². The maximum atomic E-state index is 12.5. The van der Waals surface area contributed by atoms with Crippen LogP contribution in [-0.2, 0) is 5.54 Å². The van der Waals surface area contributed by atoms with E-state index in [9.17, 15) is 4.79 Å². The quantitative estimate of drug-likeness (QED) is 0.802. The van der Waals surface area contributed by atoms with Gasteiger partial charge in [-0.25, -0.2) is 4.52 Å². The fraction of sp³-hybridized carbons (Fsp3) is 0.176. The van der Waals surface area contributed by atoms with Crippen molar-refractivity contribution in [1.29, 1.82) is 0 Å². The van der Waals surface area contributed by atoms with Gasteiger partial charge in [0.25, 0.3) is 5.91 Å². The average molecular weight is 314 g/mol. The molecule has 0 aliphatic heterocycles. The zero-order chi connectivity index (χ0) is 15.7. The lowest BCUT2D eigenvalue weighted by molar-refractivity contribution is 0.0906. The van der Waals surface area contributed by atoms with E-state index in [1.54, 1.807) is 22.8 Å². The van der Waals surface area contributed by atoms with Crippen LogP contribution in [0.1, 0.15) is 29.9 Å². The summed E-state index contributed by atoms with van der Waals surface area (Å²) in [5, 5.41) is 7.86. The van der Waals surface area contributed by atoms with Crippen LogP contribution in [0.4, 0.5) is 0 Å². The molecule has 1 amide bonds. The zero-order valence-corrected chi connectivity index (χ0v) is 13.1. The Morgan fingerprint density at radius 2 is 1.91 bits per heavy atom. The summed E-state index contributed by atoms with van der Waals surface area (Å²) in [4.78, 5) is 12.5. The molecule has 0 bridgehead atoms. The monoisotopic (exact) mass is 313 g/mol. The van der Waals surface area contributed by atoms with Crippen LogP contribution < -0.4 is 5.32 Å². The van der Waals surface area contributed by atoms with Gasteiger partial charge in [0.05, 0.1) is 16.1 Å². The summed E-state index contributed by atoms with van der Waals surface area (Å²) in [6, 6.07) is 15.2. The van der Waals surface area contributed by atoms with Crippen molar-refractivity contribution in [2.24, 2.45) is 0 Å². The Balaban J connectivity index is 1.86. The first-order valence-electron chi connectivity index (χ1n) is 6.99. The number of amides is 1. The van der Waals surface area contributed by atoms with Gasteiger partial charge in [0, 0.05) is 6.20 Å². The Kier molecular flexibility index (Phi) is 3.62. The molecule has 0 saturated carbocycles. The second-order valence-corrected chi connectivity index (χ2v) is 6.13. The predicted octanol–water partition coefficient (Wildman–Crippen LogP) is 3.65. The van der Waals surface area contributed by atoms with Crippen LogP contribution in [0.2, 0.25) is 5.02 Å². The number of pyridine rings is 1. The minimum atomic E-state index is -0.480. The third-order valence-corrected chi connectivity index (χ3v) is 3.80. The minimum absolute atomic E-state index is 0.214. The molecule has 0 aliphatic rings. The van der Waals surface area contributed by atoms with Crippen molar-refractivity contribution in [3.8, 4) is 0 Å². The van der Waals surface area contributed by atoms with E-state index in [2.05, 4.69) is 10.4 Å². The third kappa shape index (κ3) is 2.83. The molecule has 0 fully saturated rings. The molecule has 5 heteroatoms. The summed E-state index contributed by atoms with van der Waals surface area (Å²) in [7, 11) is 0. The van der Waals surface area contributed by atoms with Crippen molar-refractivity contribution >= 4 is 23.0 Å². The largest absolute Gasteiger partial charge is 0.342 e. The van der Waals surface area contributed by atoms with Crippen LogP contribution in [0.5, 0.6) is 0 Å². The second kappa shape index (κ2) is 5.46. The highest BCUT2D eigenvalue weighted by Crippen LogP contribution is 2.20. The number of hydrogen-bond acceptors (Lipinski definition) is 2. The lowest BCUT2D eigenvalue weighted by Gasteiger charge is -2.26. The van der Waals surface area contributed by atoms with E-state index in [0.717, 1.165) is 11.1 Å². The Hall–Kier alpha value is -2.33. The number of carbonyl (C=O) groups is 1. The summed E-state index contributed by atoms with van der Waals surface area (Å²) in [6.45, 7) is 3.93. The average Bonchev–Trinajstić information content (AvgIpc) is 2.91. The van der Waals surface area contributed by atoms with Crippen LogP contribution in [0, 0.1) is 0 Å². The van der Waals surface area contributed by atoms with Gasteiger partial charge in [-0.2, -0.15) is 5.10 Å². The molecule has 2 heterocycles. The predicted molar refractivity (Wildman–Crippen MR) is 87.1 cm³/mol. The molecule has 3 aromatic rings. The number of nitrogens with zero attached hydrogens (tertiary/aromatic N) is 2. The van der Waals surface area contributed by atoms with Gasteiger partial charge in [-0.15, -0.1) is 0 Å². The van der Waals surface area contributed by atoms with Gasteiger partial charge in [-0.3, -0.25) is 4.79 Å². The normalized spacial score (nSPS) is 11.6. The first kappa shape index (κ1) is 14.6. The fourth-order valence-corrected chi connectivity index (χ4v) is 2.50. The molecule has 2 aromatic heterocycles. The van der Waals surface area contributed by atoms with E-state index in [4.69, 9.17) is 11.6 Å². The van der Waals surface area contributed by atoms with E-state index < -0.39 is 5.54 Å². The highest BCUT2D eigenvalue weighted by molar-refractivity contribution is 6.30. The van der Waals surface area contributed by atoms with Gasteiger partial charge in [0.1, 0.15) is 0 Å². The highest BCUT2D eigenvalue weighted by atomic mass is 35.5. The first-order chi connectivity index (χ1) is 10.5. The molecule has 22 heavy (non-hydrogen) atoms. The van der Waals surface area contributed by atoms with Crippen molar-refractivity contribution in [1.82, 2.24) is 14.9 Å². The molecule has 3 rings (SSSR count). The first-order valence-corrected chi connectivity index (χ1v) is 7.36. The number of fused-ring (bicyclic) bond motifs is 1. The molecule has 0 radical (unpaired) electrons. The lowest BCUT2D eigenvalue weighted by atomic mass is 9.94. The van der Waals surface area contributed by atoms with Crippen LogP contribution in [0.25, 0.3) is 5.52 Å². The molecule has 4 nitrogen and oxygen atoms in total. The van der Waals surface area contributed by atoms with Crippen LogP contribution in [0.3, 0.4) is 0 Å². The molecule has 1 aromatic carbocycles. The molecular formula is C17H16ClN3O. The van der Waals surface area contributed by atoms with Crippen molar-refractivity contribution in [3.05, 3.63) is 71.0 Å². The molecule has 0 atom stereocenters. The van der Waals surface area contributed by atoms with E-state index in [1.807, 2.05) is 50.2 Å². The van der Waals surface area contributed by atoms with Crippen LogP contribution in [0.15, 0.2) is 54.7 Å². The van der Waals surface area contributed by atoms with Crippen LogP contribution >= 0.6 is 11.6 Å². The van der Waals surface area contributed by atoms with Gasteiger partial charge in [0.2, 0.25) is 0 Å². The van der Waals surface area contributed by atoms with Gasteiger partial charge < -0.3 is 5.32 Å². The standard InChI is InChI=1S/C17H16ClN3O/c1-17(2,12-6-4-3-5-7-12)19-16(22)15-10-14-9-8-13(18)11-21(14)20-15/h3-11H,1-2H3,(H,19,22). The molecular weight excluding hydrogens is 298 g/mol. The SMILES string of the molecule is CC(C)(NC(=O)c1cc2ccc(Cl)cn2n1)c1ccccc1. The number of benzene rings is 1. The number of aromatic nitrogens is 2. The van der Waals surface area contributed by atoms with E-state index in [0.29, 0.717) is 10.7 Å². The minimum Gasteiger partial charge on any atom is -0.342 e. The Morgan fingerprint density at radius 1 is 1.18 bits per heavy atom. The summed E-state index contributed by atoms with van der Waals surface area (Å²) in [5.74, 6) is -0.214. The summed E-state index contributed by atoms with van der Waals surface area (Å²) < 4.78 is 1.60. The molecule has 0 unspecified atom stereocenters. The number of carbonyl (C=O) groups excluding carboxylic acids is 1. The van der Waals surface area contributed by atoms with Crippen molar-refractivity contribution in [2.75, 3.05) is 0 Å². The molecule has 1 N–H and O–H groups in total. The maximum Gasteiger partial charge on any atom is 0.272 e. The van der Waals surface area contributed by atoms with E-state index in [-0.39, 0.29) is 5.91 Å². The lowest BCUT2D eigenvalue weighted by Crippen LogP contribution is -2.41. The van der Waals surface area contributed by atoms with Crippen molar-refractivity contribution in [3.63, 3.8) is 0 Å². The van der Waals surface area contributed by atoms with Crippen molar-refractivity contribution in [2.45, 2.75) is 19.4 Å². The van der Waals surface area contributed by atoms with Crippen LogP contribution in [-0.4, -0.2) is 15.5 Å². The molecule has 0 saturated heterocycles. The van der Waals surface area contributed by atoms with Gasteiger partial charge in [-0.05, 0) is 37.6 Å². The Morgan fingerprint density at radius 3 is 2.64 bits per heavy atom. The summed E-state index contributed by atoms with van der Waals surface area (Å²) in [6.07, 6.45) is 1.68. The van der Waals surface area contributed by atoms with E-state index >= 15 is 0 Å². The fourth-order valence-electron chi connectivity index (χ4n) is 2.35. The third-order valence-electron chi connectivity index (χ3n) is 3.58. The second-order valence-electron chi connectivity index (χ2n) is 5.69. The number of hydrogen-bond donors (Lipinski definition) is 1. The van der Waals surface area contributed by atoms with Crippen molar-refractivity contribution < 1.29 is 4.79 Å². The van der Waals surface area contributed by atoms with Gasteiger partial charge in [0.15, 0.2) is 5.69 Å². The maximum absolute atomic E-state index is 12.5. The highest BCUT2D eigenvalue weighted by Gasteiger charge is 2.24. The number of halogens is 1. The topological polar surface area (TPSA) is 46.4 Å². The summed E-state index contributed by atoms with van der Waals surface area (Å²) >= 11 is 5.93. The smallest absolute Gasteiger partial charge is 0.272 e. The summed E-state index contributed by atoms with van der Waals surface area (Å²) in [5.41, 5.74) is 1.75. The molecule has 112 valence electrons. The molecule has 0 aliphatic carbocycles. The van der Waals surface area contributed by atoms with E-state index in [1.165, 1.54) is 0 Å². The number of rotatable bonds is 3. The number of nitrogens with one attached hydrogen (secondary N) is 1.